The third-order valence-electron chi connectivity index (χ3n) is 2.85. The number of rotatable bonds is 3. The van der Waals surface area contributed by atoms with Gasteiger partial charge in [0.05, 0.1) is 5.69 Å². The zero-order chi connectivity index (χ0) is 9.42. The van der Waals surface area contributed by atoms with Gasteiger partial charge in [0.1, 0.15) is 0 Å². The second-order valence-corrected chi connectivity index (χ2v) is 4.04. The molecule has 2 rings (SSSR count). The van der Waals surface area contributed by atoms with Crippen LogP contribution in [0.3, 0.4) is 0 Å². The van der Waals surface area contributed by atoms with Gasteiger partial charge in [-0.15, -0.1) is 0 Å². The second-order valence-electron chi connectivity index (χ2n) is 4.04. The molecule has 0 amide bonds. The van der Waals surface area contributed by atoms with Crippen molar-refractivity contribution >= 4 is 5.78 Å². The molecule has 1 aliphatic rings. The molecule has 13 heavy (non-hydrogen) atoms. The maximum Gasteiger partial charge on any atom is 0.179 e. The van der Waals surface area contributed by atoms with Crippen LogP contribution in [-0.4, -0.2) is 10.8 Å². The third kappa shape index (κ3) is 1.67. The molecule has 0 radical (unpaired) electrons. The summed E-state index contributed by atoms with van der Waals surface area (Å²) in [6.45, 7) is 4.03. The maximum atomic E-state index is 11.7. The predicted octanol–water partition coefficient (Wildman–Crippen LogP) is 2.61. The van der Waals surface area contributed by atoms with E-state index >= 15 is 0 Å². The van der Waals surface area contributed by atoms with Crippen molar-refractivity contribution in [1.82, 2.24) is 4.98 Å². The molecule has 1 heterocycles. The Labute approximate surface area is 78.4 Å². The molecule has 1 aromatic rings. The number of hydrogen-bond acceptors (Lipinski definition) is 1. The van der Waals surface area contributed by atoms with Crippen LogP contribution in [0.25, 0.3) is 0 Å². The molecule has 1 aromatic heterocycles. The monoisotopic (exact) mass is 177 g/mol. The molecule has 70 valence electrons. The summed E-state index contributed by atoms with van der Waals surface area (Å²) in [5.41, 5.74) is 3.12. The van der Waals surface area contributed by atoms with Gasteiger partial charge < -0.3 is 4.98 Å². The Hall–Kier alpha value is -1.05. The minimum atomic E-state index is 0.285. The maximum absolute atomic E-state index is 11.7. The number of carbonyl (C=O) groups is 1. The standard InChI is InChI=1S/C11H15NO/c1-7-6-12-11(8(7)2)10(13)5-9-3-4-9/h6,9,12H,3-5H2,1-2H3. The molecule has 0 aliphatic heterocycles. The van der Waals surface area contributed by atoms with Gasteiger partial charge in [0.25, 0.3) is 0 Å². The van der Waals surface area contributed by atoms with E-state index in [1.807, 2.05) is 20.0 Å². The molecule has 2 heteroatoms. The first-order chi connectivity index (χ1) is 6.18. The molecule has 0 saturated heterocycles. The molecule has 2 nitrogen and oxygen atoms in total. The fourth-order valence-corrected chi connectivity index (χ4v) is 1.57. The van der Waals surface area contributed by atoms with E-state index in [4.69, 9.17) is 0 Å². The molecular formula is C11H15NO. The van der Waals surface area contributed by atoms with Crippen LogP contribution >= 0.6 is 0 Å². The Morgan fingerprint density at radius 3 is 2.69 bits per heavy atom. The Bertz CT molecular complexity index is 334. The van der Waals surface area contributed by atoms with E-state index in [2.05, 4.69) is 4.98 Å². The average Bonchev–Trinajstić information content (AvgIpc) is 2.82. The van der Waals surface area contributed by atoms with Gasteiger partial charge in [0.2, 0.25) is 0 Å². The molecule has 0 atom stereocenters. The van der Waals surface area contributed by atoms with Gasteiger partial charge in [-0.3, -0.25) is 4.79 Å². The van der Waals surface area contributed by atoms with Crippen LogP contribution in [0.1, 0.15) is 40.9 Å². The highest BCUT2D eigenvalue weighted by atomic mass is 16.1. The molecule has 1 aliphatic carbocycles. The number of hydrogen-bond donors (Lipinski definition) is 1. The minimum Gasteiger partial charge on any atom is -0.358 e. The van der Waals surface area contributed by atoms with Crippen LogP contribution < -0.4 is 0 Å². The third-order valence-corrected chi connectivity index (χ3v) is 2.85. The minimum absolute atomic E-state index is 0.285. The zero-order valence-corrected chi connectivity index (χ0v) is 8.18. The van der Waals surface area contributed by atoms with Crippen molar-refractivity contribution in [2.45, 2.75) is 33.1 Å². The van der Waals surface area contributed by atoms with E-state index in [0.717, 1.165) is 17.7 Å². The molecule has 0 unspecified atom stereocenters. The fraction of sp³-hybridized carbons (Fsp3) is 0.545. The molecule has 1 saturated carbocycles. The molecule has 0 aromatic carbocycles. The first-order valence-electron chi connectivity index (χ1n) is 4.86. The number of carbonyl (C=O) groups excluding carboxylic acids is 1. The number of nitrogens with one attached hydrogen (secondary N) is 1. The number of aryl methyl sites for hydroxylation is 1. The number of ketones is 1. The van der Waals surface area contributed by atoms with Gasteiger partial charge in [-0.05, 0) is 43.7 Å². The first kappa shape index (κ1) is 8.54. The number of aromatic amines is 1. The van der Waals surface area contributed by atoms with Crippen LogP contribution in [0.4, 0.5) is 0 Å². The van der Waals surface area contributed by atoms with Gasteiger partial charge in [0.15, 0.2) is 5.78 Å². The number of Topliss-reactive ketones (excluding diaryl/α,β-unsaturated/α-hetero) is 1. The Morgan fingerprint density at radius 1 is 1.54 bits per heavy atom. The van der Waals surface area contributed by atoms with Crippen LogP contribution in [0.15, 0.2) is 6.20 Å². The number of H-pyrrole nitrogens is 1. The molecule has 0 spiro atoms. The van der Waals surface area contributed by atoms with E-state index in [1.165, 1.54) is 18.4 Å². The normalized spacial score (nSPS) is 16.2. The SMILES string of the molecule is Cc1c[nH]c(C(=O)CC2CC2)c1C. The largest absolute Gasteiger partial charge is 0.358 e. The van der Waals surface area contributed by atoms with E-state index in [-0.39, 0.29) is 5.78 Å². The summed E-state index contributed by atoms with van der Waals surface area (Å²) in [7, 11) is 0. The summed E-state index contributed by atoms with van der Waals surface area (Å²) in [6, 6.07) is 0. The van der Waals surface area contributed by atoms with Crippen molar-refractivity contribution < 1.29 is 4.79 Å². The van der Waals surface area contributed by atoms with Gasteiger partial charge in [-0.2, -0.15) is 0 Å². The highest BCUT2D eigenvalue weighted by Crippen LogP contribution is 2.33. The van der Waals surface area contributed by atoms with E-state index in [1.54, 1.807) is 0 Å². The van der Waals surface area contributed by atoms with E-state index in [9.17, 15) is 4.79 Å². The molecule has 0 bridgehead atoms. The van der Waals surface area contributed by atoms with Crippen LogP contribution in [0, 0.1) is 19.8 Å². The van der Waals surface area contributed by atoms with Gasteiger partial charge in [0, 0.05) is 12.6 Å². The zero-order valence-electron chi connectivity index (χ0n) is 8.18. The van der Waals surface area contributed by atoms with Crippen molar-refractivity contribution in [3.05, 3.63) is 23.0 Å². The summed E-state index contributed by atoms with van der Waals surface area (Å²) in [5, 5.41) is 0. The molecular weight excluding hydrogens is 162 g/mol. The van der Waals surface area contributed by atoms with Crippen LogP contribution in [-0.2, 0) is 0 Å². The fourth-order valence-electron chi connectivity index (χ4n) is 1.57. The van der Waals surface area contributed by atoms with Crippen LogP contribution in [0.2, 0.25) is 0 Å². The Morgan fingerprint density at radius 2 is 2.23 bits per heavy atom. The van der Waals surface area contributed by atoms with Crippen molar-refractivity contribution in [2.75, 3.05) is 0 Å². The van der Waals surface area contributed by atoms with E-state index < -0.39 is 0 Å². The van der Waals surface area contributed by atoms with Crippen molar-refractivity contribution in [3.63, 3.8) is 0 Å². The quantitative estimate of drug-likeness (QED) is 0.707. The Kier molecular flexibility index (Phi) is 1.98. The van der Waals surface area contributed by atoms with Crippen molar-refractivity contribution in [2.24, 2.45) is 5.92 Å². The topological polar surface area (TPSA) is 32.9 Å². The highest BCUT2D eigenvalue weighted by Gasteiger charge is 2.26. The Balaban J connectivity index is 2.14. The first-order valence-corrected chi connectivity index (χ1v) is 4.86. The summed E-state index contributed by atoms with van der Waals surface area (Å²) < 4.78 is 0. The molecule has 1 fully saturated rings. The lowest BCUT2D eigenvalue weighted by atomic mass is 10.1. The van der Waals surface area contributed by atoms with Crippen molar-refractivity contribution in [1.29, 1.82) is 0 Å². The predicted molar refractivity (Wildman–Crippen MR) is 51.9 cm³/mol. The van der Waals surface area contributed by atoms with Gasteiger partial charge in [-0.25, -0.2) is 0 Å². The highest BCUT2D eigenvalue weighted by molar-refractivity contribution is 5.96. The lowest BCUT2D eigenvalue weighted by Gasteiger charge is -1.98. The van der Waals surface area contributed by atoms with E-state index in [0.29, 0.717) is 5.92 Å². The van der Waals surface area contributed by atoms with Crippen LogP contribution in [0.5, 0.6) is 0 Å². The number of aromatic nitrogens is 1. The van der Waals surface area contributed by atoms with Gasteiger partial charge >= 0.3 is 0 Å². The average molecular weight is 177 g/mol. The summed E-state index contributed by atoms with van der Waals surface area (Å²) in [4.78, 5) is 14.8. The second kappa shape index (κ2) is 3.02. The van der Waals surface area contributed by atoms with Gasteiger partial charge in [-0.1, -0.05) is 0 Å². The summed E-state index contributed by atoms with van der Waals surface area (Å²) in [5.74, 6) is 0.962. The lowest BCUT2D eigenvalue weighted by Crippen LogP contribution is -2.02. The lowest BCUT2D eigenvalue weighted by molar-refractivity contribution is 0.0971. The summed E-state index contributed by atoms with van der Waals surface area (Å²) >= 11 is 0. The smallest absolute Gasteiger partial charge is 0.179 e. The summed E-state index contributed by atoms with van der Waals surface area (Å²) in [6.07, 6.45) is 5.13. The molecule has 1 N–H and O–H groups in total. The van der Waals surface area contributed by atoms with Crippen molar-refractivity contribution in [3.8, 4) is 0 Å².